The Bertz CT molecular complexity index is 405. The van der Waals surface area contributed by atoms with Crippen LogP contribution in [0, 0.1) is 5.92 Å². The lowest BCUT2D eigenvalue weighted by Crippen LogP contribution is -2.49. The molecule has 18 heavy (non-hydrogen) atoms. The van der Waals surface area contributed by atoms with E-state index in [0.29, 0.717) is 18.1 Å². The first-order valence-electron chi connectivity index (χ1n) is 6.57. The topological polar surface area (TPSA) is 75.4 Å². The van der Waals surface area contributed by atoms with Gasteiger partial charge in [-0.2, -0.15) is 17.4 Å². The van der Waals surface area contributed by atoms with Crippen molar-refractivity contribution < 1.29 is 8.42 Å². The molecule has 7 heteroatoms. The molecule has 1 aliphatic heterocycles. The monoisotopic (exact) mass is 291 g/mol. The minimum absolute atomic E-state index is 0.0135. The van der Waals surface area contributed by atoms with E-state index in [1.54, 1.807) is 4.31 Å². The highest BCUT2D eigenvalue weighted by Crippen LogP contribution is 2.27. The van der Waals surface area contributed by atoms with Gasteiger partial charge in [0.25, 0.3) is 10.2 Å². The molecule has 2 unspecified atom stereocenters. The maximum Gasteiger partial charge on any atom is 0.279 e. The Morgan fingerprint density at radius 2 is 1.83 bits per heavy atom. The highest BCUT2D eigenvalue weighted by atomic mass is 32.2. The van der Waals surface area contributed by atoms with Gasteiger partial charge in [-0.15, -0.1) is 0 Å². The fraction of sp³-hybridized carbons (Fsp3) is 0.909. The molecule has 0 spiro atoms. The van der Waals surface area contributed by atoms with E-state index in [2.05, 4.69) is 4.72 Å². The van der Waals surface area contributed by atoms with Crippen LogP contribution in [0.5, 0.6) is 0 Å². The summed E-state index contributed by atoms with van der Waals surface area (Å²) < 4.78 is 28.8. The smallest absolute Gasteiger partial charge is 0.279 e. The van der Waals surface area contributed by atoms with Crippen LogP contribution >= 0.6 is 12.2 Å². The largest absolute Gasteiger partial charge is 0.393 e. The van der Waals surface area contributed by atoms with Crippen LogP contribution in [-0.4, -0.2) is 36.8 Å². The van der Waals surface area contributed by atoms with Crippen molar-refractivity contribution in [3.8, 4) is 0 Å². The highest BCUT2D eigenvalue weighted by molar-refractivity contribution is 7.87. The summed E-state index contributed by atoms with van der Waals surface area (Å²) in [4.78, 5) is 0.429. The van der Waals surface area contributed by atoms with Gasteiger partial charge in [0.15, 0.2) is 0 Å². The molecule has 1 heterocycles. The van der Waals surface area contributed by atoms with E-state index in [1.807, 2.05) is 0 Å². The van der Waals surface area contributed by atoms with Gasteiger partial charge in [-0.3, -0.25) is 0 Å². The lowest BCUT2D eigenvalue weighted by molar-refractivity contribution is 0.337. The molecule has 0 bridgehead atoms. The number of nitrogens with zero attached hydrogens (tertiary/aromatic N) is 1. The Labute approximate surface area is 114 Å². The lowest BCUT2D eigenvalue weighted by atomic mass is 10.1. The number of nitrogens with two attached hydrogens (primary N) is 1. The third-order valence-electron chi connectivity index (χ3n) is 3.84. The maximum absolute atomic E-state index is 12.2. The summed E-state index contributed by atoms with van der Waals surface area (Å²) in [6.45, 7) is 1.25. The molecule has 3 N–H and O–H groups in total. The van der Waals surface area contributed by atoms with Gasteiger partial charge in [0, 0.05) is 25.0 Å². The second kappa shape index (κ2) is 5.81. The van der Waals surface area contributed by atoms with Crippen molar-refractivity contribution in [1.82, 2.24) is 9.03 Å². The molecule has 0 aromatic rings. The van der Waals surface area contributed by atoms with Crippen molar-refractivity contribution in [2.75, 3.05) is 13.1 Å². The summed E-state index contributed by atoms with van der Waals surface area (Å²) >= 11 is 5.01. The van der Waals surface area contributed by atoms with E-state index in [0.717, 1.165) is 38.5 Å². The summed E-state index contributed by atoms with van der Waals surface area (Å²) in [5.41, 5.74) is 5.67. The number of hydrogen-bond acceptors (Lipinski definition) is 3. The van der Waals surface area contributed by atoms with Gasteiger partial charge in [-0.25, -0.2) is 0 Å². The Morgan fingerprint density at radius 3 is 2.44 bits per heavy atom. The first kappa shape index (κ1) is 14.2. The Balaban J connectivity index is 2.00. The molecule has 0 amide bonds. The maximum atomic E-state index is 12.2. The van der Waals surface area contributed by atoms with Crippen LogP contribution in [0.4, 0.5) is 0 Å². The highest BCUT2D eigenvalue weighted by Gasteiger charge is 2.34. The van der Waals surface area contributed by atoms with Crippen molar-refractivity contribution in [2.24, 2.45) is 11.7 Å². The van der Waals surface area contributed by atoms with Gasteiger partial charge in [0.1, 0.15) is 0 Å². The van der Waals surface area contributed by atoms with E-state index in [-0.39, 0.29) is 12.0 Å². The zero-order valence-electron chi connectivity index (χ0n) is 10.5. The first-order valence-corrected chi connectivity index (χ1v) is 8.42. The molecular formula is C11H21N3O2S2. The van der Waals surface area contributed by atoms with Gasteiger partial charge < -0.3 is 5.73 Å². The van der Waals surface area contributed by atoms with Gasteiger partial charge in [0.05, 0.1) is 4.99 Å². The predicted molar refractivity (Wildman–Crippen MR) is 75.4 cm³/mol. The number of nitrogens with one attached hydrogen (secondary N) is 1. The number of hydrogen-bond donors (Lipinski definition) is 2. The zero-order chi connectivity index (χ0) is 13.2. The average molecular weight is 291 g/mol. The predicted octanol–water partition coefficient (Wildman–Crippen LogP) is 0.761. The Morgan fingerprint density at radius 1 is 1.17 bits per heavy atom. The summed E-state index contributed by atoms with van der Waals surface area (Å²) in [7, 11) is -3.37. The summed E-state index contributed by atoms with van der Waals surface area (Å²) in [6.07, 6.45) is 5.71. The molecule has 2 atom stereocenters. The van der Waals surface area contributed by atoms with Crippen LogP contribution < -0.4 is 10.5 Å². The number of piperidine rings is 1. The van der Waals surface area contributed by atoms with Crippen LogP contribution in [-0.2, 0) is 10.2 Å². The molecule has 2 aliphatic rings. The molecule has 0 aromatic carbocycles. The van der Waals surface area contributed by atoms with Crippen LogP contribution in [0.25, 0.3) is 0 Å². The standard InChI is InChI=1S/C11H21N3O2S2/c12-11(17)9-5-4-6-10(9)13-18(15,16)14-7-2-1-3-8-14/h9-10,13H,1-8H2,(H2,12,17). The molecule has 0 radical (unpaired) electrons. The first-order chi connectivity index (χ1) is 8.50. The minimum atomic E-state index is -3.37. The zero-order valence-corrected chi connectivity index (χ0v) is 12.1. The van der Waals surface area contributed by atoms with E-state index in [1.165, 1.54) is 0 Å². The molecule has 2 rings (SSSR count). The quantitative estimate of drug-likeness (QED) is 0.750. The van der Waals surface area contributed by atoms with Crippen molar-refractivity contribution in [1.29, 1.82) is 0 Å². The SMILES string of the molecule is NC(=S)C1CCCC1NS(=O)(=O)N1CCCCC1. The average Bonchev–Trinajstić information content (AvgIpc) is 2.78. The number of thiocarbonyl (C=S) groups is 1. The second-order valence-electron chi connectivity index (χ2n) is 5.13. The molecular weight excluding hydrogens is 270 g/mol. The van der Waals surface area contributed by atoms with Crippen molar-refractivity contribution >= 4 is 27.4 Å². The van der Waals surface area contributed by atoms with Crippen LogP contribution in [0.3, 0.4) is 0 Å². The van der Waals surface area contributed by atoms with E-state index < -0.39 is 10.2 Å². The summed E-state index contributed by atoms with van der Waals surface area (Å²) in [5, 5.41) is 0. The molecule has 104 valence electrons. The van der Waals surface area contributed by atoms with Gasteiger partial charge in [-0.1, -0.05) is 25.1 Å². The Hall–Kier alpha value is -0.240. The lowest BCUT2D eigenvalue weighted by Gasteiger charge is -2.29. The van der Waals surface area contributed by atoms with Crippen LogP contribution in [0.1, 0.15) is 38.5 Å². The molecule has 2 fully saturated rings. The van der Waals surface area contributed by atoms with Gasteiger partial charge in [0.2, 0.25) is 0 Å². The molecule has 5 nitrogen and oxygen atoms in total. The van der Waals surface area contributed by atoms with Crippen molar-refractivity contribution in [3.63, 3.8) is 0 Å². The normalized spacial score (nSPS) is 30.4. The Kier molecular flexibility index (Phi) is 4.58. The molecule has 1 saturated heterocycles. The summed E-state index contributed by atoms with van der Waals surface area (Å²) in [6, 6.07) is -0.116. The molecule has 0 aromatic heterocycles. The molecule has 1 aliphatic carbocycles. The van der Waals surface area contributed by atoms with E-state index >= 15 is 0 Å². The van der Waals surface area contributed by atoms with Crippen LogP contribution in [0.15, 0.2) is 0 Å². The second-order valence-corrected chi connectivity index (χ2v) is 7.30. The van der Waals surface area contributed by atoms with Crippen LogP contribution in [0.2, 0.25) is 0 Å². The third kappa shape index (κ3) is 3.20. The van der Waals surface area contributed by atoms with Gasteiger partial charge >= 0.3 is 0 Å². The van der Waals surface area contributed by atoms with E-state index in [4.69, 9.17) is 18.0 Å². The van der Waals surface area contributed by atoms with Crippen molar-refractivity contribution in [2.45, 2.75) is 44.6 Å². The minimum Gasteiger partial charge on any atom is -0.393 e. The van der Waals surface area contributed by atoms with Crippen molar-refractivity contribution in [3.05, 3.63) is 0 Å². The fourth-order valence-electron chi connectivity index (χ4n) is 2.81. The fourth-order valence-corrected chi connectivity index (χ4v) is 4.65. The third-order valence-corrected chi connectivity index (χ3v) is 5.79. The van der Waals surface area contributed by atoms with Gasteiger partial charge in [-0.05, 0) is 25.7 Å². The molecule has 1 saturated carbocycles. The summed E-state index contributed by atoms with van der Waals surface area (Å²) in [5.74, 6) is 0.0135. The number of rotatable bonds is 4. The van der Waals surface area contributed by atoms with E-state index in [9.17, 15) is 8.42 Å².